The van der Waals surface area contributed by atoms with Crippen LogP contribution in [-0.2, 0) is 10.2 Å². The molecule has 0 spiro atoms. The van der Waals surface area contributed by atoms with Crippen molar-refractivity contribution in [3.8, 4) is 28.1 Å². The second-order valence-corrected chi connectivity index (χ2v) is 15.7. The predicted molar refractivity (Wildman–Crippen MR) is 215 cm³/mol. The van der Waals surface area contributed by atoms with Crippen LogP contribution in [0.1, 0.15) is 75.7 Å². The van der Waals surface area contributed by atoms with E-state index in [0.717, 1.165) is 45.0 Å². The SMILES string of the molecule is CC(C)(C)c1ccnc(-c2ccc3c4ccccc4n(-c4cc(C5=N[C@H](C6CCCCC6)[C@@H](c6ccccc6)O5)cc(-c5ccccc5)c4)c3c2)c1. The third kappa shape index (κ3) is 6.00. The van der Waals surface area contributed by atoms with E-state index in [2.05, 4.69) is 159 Å². The fourth-order valence-electron chi connectivity index (χ4n) is 8.43. The van der Waals surface area contributed by atoms with E-state index in [9.17, 15) is 0 Å². The molecule has 0 bridgehead atoms. The lowest BCUT2D eigenvalue weighted by atomic mass is 9.81. The van der Waals surface area contributed by atoms with Gasteiger partial charge in [-0.25, -0.2) is 4.99 Å². The van der Waals surface area contributed by atoms with E-state index in [1.54, 1.807) is 0 Å². The summed E-state index contributed by atoms with van der Waals surface area (Å²) < 4.78 is 9.40. The molecule has 1 fully saturated rings. The van der Waals surface area contributed by atoms with Crippen LogP contribution < -0.4 is 0 Å². The normalized spacial score (nSPS) is 18.1. The Bertz CT molecular complexity index is 2410. The van der Waals surface area contributed by atoms with E-state index in [-0.39, 0.29) is 17.6 Å². The highest BCUT2D eigenvalue weighted by Gasteiger charge is 2.39. The number of rotatable bonds is 6. The number of benzene rings is 5. The minimum atomic E-state index is -0.0877. The first kappa shape index (κ1) is 32.4. The summed E-state index contributed by atoms with van der Waals surface area (Å²) in [6, 6.07) is 48.3. The molecule has 0 saturated heterocycles. The molecule has 3 heterocycles. The second-order valence-electron chi connectivity index (χ2n) is 15.7. The van der Waals surface area contributed by atoms with Crippen molar-refractivity contribution in [2.24, 2.45) is 10.9 Å². The predicted octanol–water partition coefficient (Wildman–Crippen LogP) is 12.3. The zero-order valence-electron chi connectivity index (χ0n) is 30.3. The lowest BCUT2D eigenvalue weighted by Crippen LogP contribution is -2.25. The van der Waals surface area contributed by atoms with Gasteiger partial charge in [0, 0.05) is 33.8 Å². The number of aromatic nitrogens is 2. The maximum absolute atomic E-state index is 6.99. The van der Waals surface area contributed by atoms with Crippen LogP contribution in [-0.4, -0.2) is 21.5 Å². The molecule has 258 valence electrons. The van der Waals surface area contributed by atoms with Crippen molar-refractivity contribution in [2.45, 2.75) is 70.4 Å². The van der Waals surface area contributed by atoms with Crippen LogP contribution in [0.15, 0.2) is 145 Å². The summed E-state index contributed by atoms with van der Waals surface area (Å²) >= 11 is 0. The van der Waals surface area contributed by atoms with Gasteiger partial charge < -0.3 is 9.30 Å². The average Bonchev–Trinajstić information content (AvgIpc) is 3.79. The molecule has 2 aromatic heterocycles. The van der Waals surface area contributed by atoms with Gasteiger partial charge in [0.05, 0.1) is 22.8 Å². The van der Waals surface area contributed by atoms with E-state index in [4.69, 9.17) is 14.7 Å². The van der Waals surface area contributed by atoms with Gasteiger partial charge in [0.15, 0.2) is 0 Å². The minimum absolute atomic E-state index is 0.0332. The van der Waals surface area contributed by atoms with Gasteiger partial charge in [-0.3, -0.25) is 4.98 Å². The van der Waals surface area contributed by atoms with Crippen molar-refractivity contribution < 1.29 is 4.74 Å². The van der Waals surface area contributed by atoms with Crippen molar-refractivity contribution in [2.75, 3.05) is 0 Å². The van der Waals surface area contributed by atoms with Gasteiger partial charge in [0.25, 0.3) is 0 Å². The quantitative estimate of drug-likeness (QED) is 0.175. The van der Waals surface area contributed by atoms with Crippen LogP contribution in [0.25, 0.3) is 49.9 Å². The van der Waals surface area contributed by atoms with Crippen LogP contribution in [0.3, 0.4) is 0 Å². The van der Waals surface area contributed by atoms with E-state index in [0.29, 0.717) is 5.92 Å². The molecule has 7 aromatic rings. The first-order chi connectivity index (χ1) is 25.4. The third-order valence-corrected chi connectivity index (χ3v) is 11.2. The number of fused-ring (bicyclic) bond motifs is 3. The van der Waals surface area contributed by atoms with Crippen molar-refractivity contribution in [1.82, 2.24) is 9.55 Å². The van der Waals surface area contributed by atoms with Gasteiger partial charge in [-0.15, -0.1) is 0 Å². The number of pyridine rings is 1. The van der Waals surface area contributed by atoms with Crippen molar-refractivity contribution in [1.29, 1.82) is 0 Å². The van der Waals surface area contributed by atoms with Crippen LogP contribution >= 0.6 is 0 Å². The molecule has 9 rings (SSSR count). The van der Waals surface area contributed by atoms with Gasteiger partial charge in [-0.1, -0.05) is 131 Å². The van der Waals surface area contributed by atoms with Crippen LogP contribution in [0, 0.1) is 5.92 Å². The Morgan fingerprint density at radius 3 is 2.12 bits per heavy atom. The Hall–Kier alpha value is -5.48. The average molecular weight is 680 g/mol. The topological polar surface area (TPSA) is 39.4 Å². The lowest BCUT2D eigenvalue weighted by molar-refractivity contribution is 0.150. The Morgan fingerprint density at radius 2 is 1.33 bits per heavy atom. The molecule has 0 unspecified atom stereocenters. The molecule has 4 nitrogen and oxygen atoms in total. The van der Waals surface area contributed by atoms with Crippen LogP contribution in [0.4, 0.5) is 0 Å². The fraction of sp³-hybridized carbons (Fsp3) is 0.250. The Kier molecular flexibility index (Phi) is 8.26. The second kappa shape index (κ2) is 13.2. The number of hydrogen-bond acceptors (Lipinski definition) is 3. The molecule has 1 saturated carbocycles. The van der Waals surface area contributed by atoms with Crippen LogP contribution in [0.5, 0.6) is 0 Å². The zero-order chi connectivity index (χ0) is 35.2. The minimum Gasteiger partial charge on any atom is -0.467 e. The lowest BCUT2D eigenvalue weighted by Gasteiger charge is -2.29. The molecule has 5 aromatic carbocycles. The van der Waals surface area contributed by atoms with Gasteiger partial charge >= 0.3 is 0 Å². The highest BCUT2D eigenvalue weighted by molar-refractivity contribution is 6.10. The molecule has 0 N–H and O–H groups in total. The van der Waals surface area contributed by atoms with Crippen molar-refractivity contribution in [3.05, 3.63) is 156 Å². The number of aliphatic imine (C=N–C) groups is 1. The van der Waals surface area contributed by atoms with E-state index in [1.807, 2.05) is 6.20 Å². The Labute approximate surface area is 306 Å². The number of ether oxygens (including phenoxy) is 1. The molecule has 4 heteroatoms. The summed E-state index contributed by atoms with van der Waals surface area (Å²) in [4.78, 5) is 10.3. The monoisotopic (exact) mass is 679 g/mol. The van der Waals surface area contributed by atoms with Crippen molar-refractivity contribution >= 4 is 27.7 Å². The van der Waals surface area contributed by atoms with Gasteiger partial charge in [-0.05, 0) is 88.9 Å². The highest BCUT2D eigenvalue weighted by atomic mass is 16.5. The van der Waals surface area contributed by atoms with E-state index in [1.165, 1.54) is 59.5 Å². The first-order valence-corrected chi connectivity index (χ1v) is 18.9. The Morgan fingerprint density at radius 1 is 0.615 bits per heavy atom. The molecular formula is C48H45N3O. The summed E-state index contributed by atoms with van der Waals surface area (Å²) in [6.45, 7) is 6.76. The molecule has 1 aliphatic carbocycles. The third-order valence-electron chi connectivity index (χ3n) is 11.2. The number of nitrogens with zero attached hydrogens (tertiary/aromatic N) is 3. The summed E-state index contributed by atoms with van der Waals surface area (Å²) in [7, 11) is 0. The van der Waals surface area contributed by atoms with Crippen molar-refractivity contribution in [3.63, 3.8) is 0 Å². The largest absolute Gasteiger partial charge is 0.467 e. The Balaban J connectivity index is 1.23. The summed E-state index contributed by atoms with van der Waals surface area (Å²) in [5.74, 6) is 1.27. The number of hydrogen-bond donors (Lipinski definition) is 0. The maximum Gasteiger partial charge on any atom is 0.217 e. The molecular weight excluding hydrogens is 635 g/mol. The van der Waals surface area contributed by atoms with E-state index >= 15 is 0 Å². The standard InChI is InChI=1S/C48H45N3O/c1-48(2,3)38-25-26-49-42(31-38)35-23-24-41-40-21-13-14-22-43(40)51(44(41)30-35)39-28-36(32-15-7-4-8-16-32)27-37(29-39)47-50-45(33-17-9-5-10-18-33)46(52-47)34-19-11-6-12-20-34/h4,6-8,11-16,19-31,33,45-46H,5,9-10,17-18H2,1-3H3/t45-,46-/m1/s1. The van der Waals surface area contributed by atoms with Gasteiger partial charge in [0.1, 0.15) is 6.10 Å². The smallest absolute Gasteiger partial charge is 0.217 e. The van der Waals surface area contributed by atoms with Gasteiger partial charge in [-0.2, -0.15) is 0 Å². The highest BCUT2D eigenvalue weighted by Crippen LogP contribution is 2.42. The molecule has 1 aliphatic heterocycles. The maximum atomic E-state index is 6.99. The summed E-state index contributed by atoms with van der Waals surface area (Å²) in [5, 5.41) is 2.44. The summed E-state index contributed by atoms with van der Waals surface area (Å²) in [6.07, 6.45) is 8.13. The van der Waals surface area contributed by atoms with E-state index < -0.39 is 0 Å². The molecule has 0 amide bonds. The molecule has 0 radical (unpaired) electrons. The number of para-hydroxylation sites is 1. The molecule has 52 heavy (non-hydrogen) atoms. The molecule has 2 atom stereocenters. The molecule has 2 aliphatic rings. The van der Waals surface area contributed by atoms with Gasteiger partial charge in [0.2, 0.25) is 5.90 Å². The summed E-state index contributed by atoms with van der Waals surface area (Å²) in [5.41, 5.74) is 11.3. The fourth-order valence-corrected chi connectivity index (χ4v) is 8.43. The zero-order valence-corrected chi connectivity index (χ0v) is 30.3. The first-order valence-electron chi connectivity index (χ1n) is 18.9. The van der Waals surface area contributed by atoms with Crippen LogP contribution in [0.2, 0.25) is 0 Å².